The van der Waals surface area contributed by atoms with Gasteiger partial charge in [-0.15, -0.1) is 0 Å². The van der Waals surface area contributed by atoms with E-state index < -0.39 is 5.97 Å². The predicted molar refractivity (Wildman–Crippen MR) is 90.4 cm³/mol. The fraction of sp³-hybridized carbons (Fsp3) is 0.529. The Kier molecular flexibility index (Phi) is 5.68. The van der Waals surface area contributed by atoms with Gasteiger partial charge in [0.25, 0.3) is 5.91 Å². The molecule has 0 unspecified atom stereocenters. The van der Waals surface area contributed by atoms with Crippen LogP contribution in [0, 0.1) is 6.92 Å². The first-order valence-corrected chi connectivity index (χ1v) is 8.58. The van der Waals surface area contributed by atoms with E-state index in [2.05, 4.69) is 15.9 Å². The van der Waals surface area contributed by atoms with Gasteiger partial charge in [-0.25, -0.2) is 4.79 Å². The van der Waals surface area contributed by atoms with Crippen molar-refractivity contribution in [2.24, 2.45) is 0 Å². The summed E-state index contributed by atoms with van der Waals surface area (Å²) >= 11 is 3.19. The molecule has 1 N–H and O–H groups in total. The normalized spacial score (nSPS) is 21.1. The molecule has 0 radical (unpaired) electrons. The summed E-state index contributed by atoms with van der Waals surface area (Å²) in [6, 6.07) is 3.56. The average Bonchev–Trinajstić information content (AvgIpc) is 2.48. The minimum atomic E-state index is -0.697. The number of hydrogen-bond donors (Lipinski definition) is 1. The molecule has 126 valence electrons. The Hall–Kier alpha value is -1.56. The van der Waals surface area contributed by atoms with Gasteiger partial charge in [0.2, 0.25) is 0 Å². The molecule has 1 aromatic carbocycles. The van der Waals surface area contributed by atoms with E-state index >= 15 is 0 Å². The lowest BCUT2D eigenvalue weighted by Gasteiger charge is -2.38. The zero-order valence-electron chi connectivity index (χ0n) is 13.6. The summed E-state index contributed by atoms with van der Waals surface area (Å²) in [5, 5.41) is 9.95. The van der Waals surface area contributed by atoms with Crippen LogP contribution in [-0.2, 0) is 9.53 Å². The molecule has 0 bridgehead atoms. The maximum Gasteiger partial charge on any atom is 0.342 e. The van der Waals surface area contributed by atoms with Crippen LogP contribution in [0.1, 0.15) is 49.0 Å². The van der Waals surface area contributed by atoms with Crippen LogP contribution in [-0.4, -0.2) is 40.6 Å². The van der Waals surface area contributed by atoms with Crippen LogP contribution in [0.4, 0.5) is 0 Å². The number of aromatic hydroxyl groups is 1. The maximum atomic E-state index is 12.4. The van der Waals surface area contributed by atoms with Gasteiger partial charge >= 0.3 is 5.97 Å². The van der Waals surface area contributed by atoms with Gasteiger partial charge in [0.15, 0.2) is 6.61 Å². The van der Waals surface area contributed by atoms with E-state index in [9.17, 15) is 14.7 Å². The quantitative estimate of drug-likeness (QED) is 0.812. The molecule has 5 nitrogen and oxygen atoms in total. The Morgan fingerprint density at radius 1 is 1.30 bits per heavy atom. The molecule has 1 fully saturated rings. The molecular weight excluding hydrogens is 362 g/mol. The van der Waals surface area contributed by atoms with Crippen LogP contribution in [0.5, 0.6) is 5.75 Å². The fourth-order valence-corrected chi connectivity index (χ4v) is 3.66. The van der Waals surface area contributed by atoms with E-state index in [0.29, 0.717) is 4.47 Å². The first kappa shape index (κ1) is 17.8. The fourth-order valence-electron chi connectivity index (χ4n) is 3.08. The van der Waals surface area contributed by atoms with Crippen LogP contribution >= 0.6 is 15.9 Å². The molecule has 1 heterocycles. The minimum Gasteiger partial charge on any atom is -0.506 e. The van der Waals surface area contributed by atoms with Crippen molar-refractivity contribution in [3.8, 4) is 5.75 Å². The van der Waals surface area contributed by atoms with E-state index in [4.69, 9.17) is 4.74 Å². The van der Waals surface area contributed by atoms with E-state index in [0.717, 1.165) is 24.8 Å². The monoisotopic (exact) mass is 383 g/mol. The lowest BCUT2D eigenvalue weighted by Crippen LogP contribution is -2.49. The van der Waals surface area contributed by atoms with Crippen molar-refractivity contribution in [2.45, 2.75) is 52.1 Å². The highest BCUT2D eigenvalue weighted by atomic mass is 79.9. The Morgan fingerprint density at radius 2 is 1.91 bits per heavy atom. The number of halogens is 1. The molecular formula is C17H22BrNO4. The molecule has 1 aliphatic rings. The number of aryl methyl sites for hydroxylation is 1. The van der Waals surface area contributed by atoms with Crippen LogP contribution < -0.4 is 0 Å². The van der Waals surface area contributed by atoms with E-state index in [1.54, 1.807) is 17.0 Å². The van der Waals surface area contributed by atoms with Crippen molar-refractivity contribution in [1.29, 1.82) is 0 Å². The first-order valence-electron chi connectivity index (χ1n) is 7.78. The summed E-state index contributed by atoms with van der Waals surface area (Å²) in [7, 11) is 0. The van der Waals surface area contributed by atoms with Gasteiger partial charge in [0.05, 0.1) is 4.47 Å². The van der Waals surface area contributed by atoms with Crippen molar-refractivity contribution < 1.29 is 19.4 Å². The highest BCUT2D eigenvalue weighted by molar-refractivity contribution is 9.10. The maximum absolute atomic E-state index is 12.4. The van der Waals surface area contributed by atoms with Crippen molar-refractivity contribution in [3.63, 3.8) is 0 Å². The zero-order chi connectivity index (χ0) is 17.1. The number of ether oxygens (including phenoxy) is 1. The van der Waals surface area contributed by atoms with Crippen molar-refractivity contribution in [2.75, 3.05) is 6.61 Å². The Labute approximate surface area is 144 Å². The Balaban J connectivity index is 2.03. The Morgan fingerprint density at radius 3 is 2.52 bits per heavy atom. The van der Waals surface area contributed by atoms with Crippen molar-refractivity contribution in [3.05, 3.63) is 27.7 Å². The molecule has 1 aliphatic heterocycles. The number of piperidine rings is 1. The third-order valence-electron chi connectivity index (χ3n) is 4.24. The van der Waals surface area contributed by atoms with Gasteiger partial charge < -0.3 is 14.7 Å². The minimum absolute atomic E-state index is 0.0596. The largest absolute Gasteiger partial charge is 0.506 e. The summed E-state index contributed by atoms with van der Waals surface area (Å²) in [6.45, 7) is 5.53. The van der Waals surface area contributed by atoms with Crippen LogP contribution in [0.25, 0.3) is 0 Å². The first-order chi connectivity index (χ1) is 10.8. The van der Waals surface area contributed by atoms with Gasteiger partial charge in [-0.2, -0.15) is 0 Å². The highest BCUT2D eigenvalue weighted by Crippen LogP contribution is 2.30. The standard InChI is InChI=1S/C17H22BrNO4/c1-10-7-13(16(21)14(18)8-10)17(22)23-9-15(20)19-11(2)5-4-6-12(19)3/h7-8,11-12,21H,4-6,9H2,1-3H3/t11-,12-/m1/s1. The number of benzene rings is 1. The number of phenolic OH excluding ortho intramolecular Hbond substituents is 1. The number of amides is 1. The summed E-state index contributed by atoms with van der Waals surface area (Å²) in [4.78, 5) is 26.3. The smallest absolute Gasteiger partial charge is 0.342 e. The molecule has 23 heavy (non-hydrogen) atoms. The van der Waals surface area contributed by atoms with Crippen LogP contribution in [0.2, 0.25) is 0 Å². The molecule has 1 amide bonds. The summed E-state index contributed by atoms with van der Waals surface area (Å²) in [6.07, 6.45) is 3.04. The number of carbonyl (C=O) groups is 2. The summed E-state index contributed by atoms with van der Waals surface area (Å²) in [5.41, 5.74) is 0.871. The number of esters is 1. The van der Waals surface area contributed by atoms with Gasteiger partial charge in [0, 0.05) is 12.1 Å². The lowest BCUT2D eigenvalue weighted by atomic mass is 9.97. The van der Waals surface area contributed by atoms with Crippen molar-refractivity contribution in [1.82, 2.24) is 4.90 Å². The number of phenols is 1. The predicted octanol–water partition coefficient (Wildman–Crippen LogP) is 3.41. The summed E-state index contributed by atoms with van der Waals surface area (Å²) < 4.78 is 5.54. The zero-order valence-corrected chi connectivity index (χ0v) is 15.2. The molecule has 0 aliphatic carbocycles. The number of hydrogen-bond acceptors (Lipinski definition) is 4. The number of likely N-dealkylation sites (tertiary alicyclic amines) is 1. The van der Waals surface area contributed by atoms with Gasteiger partial charge in [-0.3, -0.25) is 4.79 Å². The average molecular weight is 384 g/mol. The van der Waals surface area contributed by atoms with Crippen LogP contribution in [0.15, 0.2) is 16.6 Å². The SMILES string of the molecule is Cc1cc(Br)c(O)c(C(=O)OCC(=O)N2[C@H](C)CCC[C@H]2C)c1. The molecule has 0 aromatic heterocycles. The van der Waals surface area contributed by atoms with Gasteiger partial charge in [-0.1, -0.05) is 0 Å². The van der Waals surface area contributed by atoms with Crippen molar-refractivity contribution >= 4 is 27.8 Å². The lowest BCUT2D eigenvalue weighted by molar-refractivity contribution is -0.140. The van der Waals surface area contributed by atoms with E-state index in [1.165, 1.54) is 0 Å². The molecule has 0 spiro atoms. The second kappa shape index (κ2) is 7.34. The molecule has 2 atom stereocenters. The second-order valence-corrected chi connectivity index (χ2v) is 7.00. The van der Waals surface area contributed by atoms with Gasteiger partial charge in [0.1, 0.15) is 11.3 Å². The molecule has 6 heteroatoms. The molecule has 1 aromatic rings. The molecule has 0 saturated carbocycles. The van der Waals surface area contributed by atoms with Gasteiger partial charge in [-0.05, 0) is 73.7 Å². The van der Waals surface area contributed by atoms with E-state index in [-0.39, 0.29) is 35.9 Å². The number of nitrogens with zero attached hydrogens (tertiary/aromatic N) is 1. The molecule has 2 rings (SSSR count). The topological polar surface area (TPSA) is 66.8 Å². The van der Waals surface area contributed by atoms with Crippen LogP contribution in [0.3, 0.4) is 0 Å². The number of rotatable bonds is 3. The van der Waals surface area contributed by atoms with E-state index in [1.807, 2.05) is 20.8 Å². The molecule has 1 saturated heterocycles. The second-order valence-electron chi connectivity index (χ2n) is 6.15. The third kappa shape index (κ3) is 4.05. The Bertz CT molecular complexity index is 607. The number of carbonyl (C=O) groups excluding carboxylic acids is 2. The summed E-state index contributed by atoms with van der Waals surface area (Å²) in [5.74, 6) is -1.06. The third-order valence-corrected chi connectivity index (χ3v) is 4.84. The highest BCUT2D eigenvalue weighted by Gasteiger charge is 2.29.